The predicted molar refractivity (Wildman–Crippen MR) is 129 cm³/mol. The third kappa shape index (κ3) is 6.15. The number of carbonyl (C=O) groups is 1. The minimum atomic E-state index is -0.923. The molecule has 7 nitrogen and oxygen atoms in total. The number of hydrogen-bond donors (Lipinski definition) is 1. The number of aryl methyl sites for hydroxylation is 1. The number of aromatic nitrogens is 2. The number of hydrogen-bond acceptors (Lipinski definition) is 6. The summed E-state index contributed by atoms with van der Waals surface area (Å²) in [7, 11) is 0. The van der Waals surface area contributed by atoms with E-state index >= 15 is 0 Å². The highest BCUT2D eigenvalue weighted by molar-refractivity contribution is 5.94. The zero-order valence-corrected chi connectivity index (χ0v) is 20.0. The number of carbonyl (C=O) groups excluding carboxylic acids is 1. The van der Waals surface area contributed by atoms with E-state index in [1.807, 2.05) is 19.1 Å². The first-order valence-corrected chi connectivity index (χ1v) is 12.0. The fourth-order valence-electron chi connectivity index (χ4n) is 4.28. The molecule has 9 heteroatoms. The number of anilines is 1. The Bertz CT molecular complexity index is 1120. The van der Waals surface area contributed by atoms with Crippen LogP contribution in [0.15, 0.2) is 41.1 Å². The van der Waals surface area contributed by atoms with Crippen LogP contribution >= 0.6 is 0 Å². The lowest BCUT2D eigenvalue weighted by atomic mass is 9.92. The molecule has 0 radical (unpaired) electrons. The number of nitrogens with one attached hydrogen (secondary N) is 1. The summed E-state index contributed by atoms with van der Waals surface area (Å²) in [5.74, 6) is 0.361. The molecule has 1 aromatic carbocycles. The van der Waals surface area contributed by atoms with E-state index in [1.54, 1.807) is 19.3 Å². The van der Waals surface area contributed by atoms with E-state index in [0.717, 1.165) is 73.9 Å². The van der Waals surface area contributed by atoms with Crippen molar-refractivity contribution in [3.05, 3.63) is 59.6 Å². The smallest absolute Gasteiger partial charge is 0.257 e. The molecule has 1 N–H and O–H groups in total. The Balaban J connectivity index is 1.20. The van der Waals surface area contributed by atoms with Crippen LogP contribution in [0.1, 0.15) is 48.7 Å². The molecule has 0 spiro atoms. The van der Waals surface area contributed by atoms with E-state index in [0.29, 0.717) is 19.1 Å². The molecule has 2 aromatic heterocycles. The standard InChI is InChI=1S/C26H30F2N4O3/c1-3-29-25(33)24-21(27)13-20(14-22(24)28)34-12-4-5-18-8-10-32(11-9-18)26-30-15-19(16-31-26)23-7-6-17(2)35-23/h6-7,13-16,18H,3-5,8-12H2,1-2H3,(H,29,33). The van der Waals surface area contributed by atoms with Gasteiger partial charge in [-0.2, -0.15) is 0 Å². The number of ether oxygens (including phenoxy) is 1. The molecule has 1 aliphatic rings. The number of halogens is 2. The van der Waals surface area contributed by atoms with Gasteiger partial charge in [0.2, 0.25) is 5.95 Å². The third-order valence-electron chi connectivity index (χ3n) is 6.17. The molecule has 35 heavy (non-hydrogen) atoms. The van der Waals surface area contributed by atoms with Gasteiger partial charge in [0, 0.05) is 44.2 Å². The van der Waals surface area contributed by atoms with Gasteiger partial charge in [0.1, 0.15) is 34.5 Å². The van der Waals surface area contributed by atoms with E-state index in [-0.39, 0.29) is 5.75 Å². The van der Waals surface area contributed by atoms with Crippen molar-refractivity contribution >= 4 is 11.9 Å². The Morgan fingerprint density at radius 3 is 2.46 bits per heavy atom. The second kappa shape index (κ2) is 11.3. The van der Waals surface area contributed by atoms with E-state index in [2.05, 4.69) is 20.2 Å². The lowest BCUT2D eigenvalue weighted by Gasteiger charge is -2.32. The molecule has 0 saturated carbocycles. The van der Waals surface area contributed by atoms with Crippen LogP contribution in [-0.2, 0) is 0 Å². The minimum Gasteiger partial charge on any atom is -0.493 e. The highest BCUT2D eigenvalue weighted by Crippen LogP contribution is 2.26. The second-order valence-corrected chi connectivity index (χ2v) is 8.72. The zero-order chi connectivity index (χ0) is 24.8. The van der Waals surface area contributed by atoms with Crippen LogP contribution in [0.2, 0.25) is 0 Å². The van der Waals surface area contributed by atoms with Gasteiger partial charge >= 0.3 is 0 Å². The van der Waals surface area contributed by atoms with Gasteiger partial charge < -0.3 is 19.4 Å². The molecule has 3 aromatic rings. The quantitative estimate of drug-likeness (QED) is 0.423. The van der Waals surface area contributed by atoms with Gasteiger partial charge in [-0.15, -0.1) is 0 Å². The Hall–Kier alpha value is -3.49. The molecule has 3 heterocycles. The van der Waals surface area contributed by atoms with E-state index < -0.39 is 23.1 Å². The van der Waals surface area contributed by atoms with Gasteiger partial charge in [0.05, 0.1) is 12.2 Å². The van der Waals surface area contributed by atoms with E-state index in [1.165, 1.54) is 0 Å². The van der Waals surface area contributed by atoms with Crippen molar-refractivity contribution in [2.75, 3.05) is 31.1 Å². The molecule has 0 unspecified atom stereocenters. The van der Waals surface area contributed by atoms with Gasteiger partial charge in [-0.25, -0.2) is 18.7 Å². The fourth-order valence-corrected chi connectivity index (χ4v) is 4.28. The van der Waals surface area contributed by atoms with Gasteiger partial charge in [-0.05, 0) is 57.6 Å². The molecule has 186 valence electrons. The summed E-state index contributed by atoms with van der Waals surface area (Å²) in [5.41, 5.74) is 0.274. The highest BCUT2D eigenvalue weighted by Gasteiger charge is 2.22. The summed E-state index contributed by atoms with van der Waals surface area (Å²) in [5, 5.41) is 2.40. The SMILES string of the molecule is CCNC(=O)c1c(F)cc(OCCCC2CCN(c3ncc(-c4ccc(C)o4)cn3)CC2)cc1F. The van der Waals surface area contributed by atoms with Crippen molar-refractivity contribution in [1.29, 1.82) is 0 Å². The normalized spacial score (nSPS) is 14.2. The van der Waals surface area contributed by atoms with Crippen molar-refractivity contribution in [2.45, 2.75) is 39.5 Å². The molecule has 0 bridgehead atoms. The van der Waals surface area contributed by atoms with Gasteiger partial charge in [-0.1, -0.05) is 0 Å². The maximum absolute atomic E-state index is 14.2. The van der Waals surface area contributed by atoms with Crippen LogP contribution in [-0.4, -0.2) is 42.1 Å². The Labute approximate surface area is 203 Å². The lowest BCUT2D eigenvalue weighted by Crippen LogP contribution is -2.34. The first-order valence-electron chi connectivity index (χ1n) is 12.0. The van der Waals surface area contributed by atoms with Crippen LogP contribution in [0.3, 0.4) is 0 Å². The van der Waals surface area contributed by atoms with Gasteiger partial charge in [-0.3, -0.25) is 4.79 Å². The third-order valence-corrected chi connectivity index (χ3v) is 6.17. The van der Waals surface area contributed by atoms with Crippen molar-refractivity contribution in [3.63, 3.8) is 0 Å². The summed E-state index contributed by atoms with van der Waals surface area (Å²) < 4.78 is 39.5. The van der Waals surface area contributed by atoms with Crippen LogP contribution in [0.25, 0.3) is 11.3 Å². The predicted octanol–water partition coefficient (Wildman–Crippen LogP) is 5.15. The largest absolute Gasteiger partial charge is 0.493 e. The number of amides is 1. The molecule has 1 amide bonds. The molecule has 1 fully saturated rings. The average Bonchev–Trinajstić information content (AvgIpc) is 3.28. The maximum atomic E-state index is 14.2. The van der Waals surface area contributed by atoms with Crippen molar-refractivity contribution in [3.8, 4) is 17.1 Å². The summed E-state index contributed by atoms with van der Waals surface area (Å²) in [4.78, 5) is 23.0. The number of furan rings is 1. The monoisotopic (exact) mass is 484 g/mol. The maximum Gasteiger partial charge on any atom is 0.257 e. The first kappa shape index (κ1) is 24.6. The van der Waals surface area contributed by atoms with Crippen molar-refractivity contribution in [2.24, 2.45) is 5.92 Å². The summed E-state index contributed by atoms with van der Waals surface area (Å²) in [6.07, 6.45) is 7.37. The molecule has 1 saturated heterocycles. The number of piperidine rings is 1. The Morgan fingerprint density at radius 1 is 1.17 bits per heavy atom. The highest BCUT2D eigenvalue weighted by atomic mass is 19.1. The average molecular weight is 485 g/mol. The molecular weight excluding hydrogens is 454 g/mol. The molecule has 0 aliphatic carbocycles. The van der Waals surface area contributed by atoms with Crippen molar-refractivity contribution in [1.82, 2.24) is 15.3 Å². The molecule has 1 aliphatic heterocycles. The van der Waals surface area contributed by atoms with Crippen LogP contribution in [0.4, 0.5) is 14.7 Å². The van der Waals surface area contributed by atoms with Gasteiger partial charge in [0.15, 0.2) is 0 Å². The van der Waals surface area contributed by atoms with Crippen molar-refractivity contribution < 1.29 is 22.7 Å². The zero-order valence-electron chi connectivity index (χ0n) is 20.0. The molecule has 4 rings (SSSR count). The van der Waals surface area contributed by atoms with Crippen LogP contribution in [0.5, 0.6) is 5.75 Å². The van der Waals surface area contributed by atoms with Gasteiger partial charge in [0.25, 0.3) is 5.91 Å². The molecule has 0 atom stereocenters. The first-order chi connectivity index (χ1) is 16.9. The Morgan fingerprint density at radius 2 is 1.86 bits per heavy atom. The minimum absolute atomic E-state index is 0.0909. The van der Waals surface area contributed by atoms with Crippen LogP contribution < -0.4 is 15.0 Å². The number of nitrogens with zero attached hydrogens (tertiary/aromatic N) is 3. The number of rotatable bonds is 9. The van der Waals surface area contributed by atoms with E-state index in [9.17, 15) is 13.6 Å². The lowest BCUT2D eigenvalue weighted by molar-refractivity contribution is 0.0947. The second-order valence-electron chi connectivity index (χ2n) is 8.72. The summed E-state index contributed by atoms with van der Waals surface area (Å²) >= 11 is 0. The fraction of sp³-hybridized carbons (Fsp3) is 0.423. The van der Waals surface area contributed by atoms with Crippen LogP contribution in [0, 0.1) is 24.5 Å². The number of benzene rings is 1. The Kier molecular flexibility index (Phi) is 7.94. The van der Waals surface area contributed by atoms with E-state index in [4.69, 9.17) is 9.15 Å². The topological polar surface area (TPSA) is 80.5 Å². The molecular formula is C26H30F2N4O3. The summed E-state index contributed by atoms with van der Waals surface area (Å²) in [6, 6.07) is 5.95. The summed E-state index contributed by atoms with van der Waals surface area (Å²) in [6.45, 7) is 5.99.